The Labute approximate surface area is 400 Å². The van der Waals surface area contributed by atoms with Gasteiger partial charge in [-0.1, -0.05) is 221 Å². The molecule has 0 aromatic rings. The van der Waals surface area contributed by atoms with Crippen LogP contribution in [0.15, 0.2) is 97.2 Å². The fourth-order valence-corrected chi connectivity index (χ4v) is 7.13. The Morgan fingerprint density at radius 1 is 0.323 bits per heavy atom. The number of carbonyl (C=O) groups excluding carboxylic acids is 3. The van der Waals surface area contributed by atoms with E-state index in [-0.39, 0.29) is 37.5 Å². The summed E-state index contributed by atoms with van der Waals surface area (Å²) in [6.45, 7) is 6.35. The van der Waals surface area contributed by atoms with Crippen molar-refractivity contribution in [2.24, 2.45) is 0 Å². The van der Waals surface area contributed by atoms with Gasteiger partial charge < -0.3 is 14.2 Å². The van der Waals surface area contributed by atoms with Crippen LogP contribution in [-0.2, 0) is 28.6 Å². The quantitative estimate of drug-likeness (QED) is 0.0262. The van der Waals surface area contributed by atoms with Gasteiger partial charge in [0.2, 0.25) is 0 Å². The zero-order valence-corrected chi connectivity index (χ0v) is 42.2. The van der Waals surface area contributed by atoms with Gasteiger partial charge in [-0.25, -0.2) is 0 Å². The summed E-state index contributed by atoms with van der Waals surface area (Å²) in [6.07, 6.45) is 69.8. The molecule has 0 rings (SSSR count). The molecule has 1 unspecified atom stereocenters. The second-order valence-electron chi connectivity index (χ2n) is 17.4. The van der Waals surface area contributed by atoms with Crippen LogP contribution in [0.2, 0.25) is 0 Å². The van der Waals surface area contributed by atoms with Crippen LogP contribution >= 0.6 is 0 Å². The molecule has 6 heteroatoms. The Morgan fingerprint density at radius 2 is 0.600 bits per heavy atom. The first-order valence-corrected chi connectivity index (χ1v) is 26.7. The van der Waals surface area contributed by atoms with Crippen LogP contribution in [0.4, 0.5) is 0 Å². The Bertz CT molecular complexity index is 1310. The lowest BCUT2D eigenvalue weighted by molar-refractivity contribution is -0.167. The maximum atomic E-state index is 12.8. The molecule has 0 saturated heterocycles. The third-order valence-electron chi connectivity index (χ3n) is 11.1. The molecule has 0 radical (unpaired) electrons. The SMILES string of the molecule is CC/C=C\C/C=C\C/C=C\C/C=C\CCCCCCCCCCCCC(=O)OCC(COC(=O)CCCCCCCCCCC)OC(=O)CCCC/C=C\C/C=C\C/C=C\C/C=C\CC. The molecular weight excluding hydrogens is 805 g/mol. The third-order valence-corrected chi connectivity index (χ3v) is 11.1. The van der Waals surface area contributed by atoms with E-state index in [2.05, 4.69) is 118 Å². The van der Waals surface area contributed by atoms with E-state index in [1.54, 1.807) is 0 Å². The Balaban J connectivity index is 4.32. The first-order chi connectivity index (χ1) is 32.0. The van der Waals surface area contributed by atoms with E-state index in [0.29, 0.717) is 19.3 Å². The Hall–Kier alpha value is -3.67. The molecule has 0 aromatic carbocycles. The van der Waals surface area contributed by atoms with E-state index < -0.39 is 6.10 Å². The van der Waals surface area contributed by atoms with Crippen LogP contribution in [0.5, 0.6) is 0 Å². The minimum atomic E-state index is -0.799. The summed E-state index contributed by atoms with van der Waals surface area (Å²) in [7, 11) is 0. The molecule has 0 saturated carbocycles. The molecule has 0 fully saturated rings. The summed E-state index contributed by atoms with van der Waals surface area (Å²) >= 11 is 0. The molecular formula is C59H98O6. The van der Waals surface area contributed by atoms with Gasteiger partial charge in [0, 0.05) is 19.3 Å². The van der Waals surface area contributed by atoms with Gasteiger partial charge >= 0.3 is 17.9 Å². The number of esters is 3. The lowest BCUT2D eigenvalue weighted by Gasteiger charge is -2.18. The van der Waals surface area contributed by atoms with Crippen molar-refractivity contribution >= 4 is 17.9 Å². The minimum absolute atomic E-state index is 0.0947. The van der Waals surface area contributed by atoms with Crippen molar-refractivity contribution in [1.82, 2.24) is 0 Å². The van der Waals surface area contributed by atoms with Gasteiger partial charge in [0.05, 0.1) is 0 Å². The molecule has 6 nitrogen and oxygen atoms in total. The largest absolute Gasteiger partial charge is 0.462 e. The maximum Gasteiger partial charge on any atom is 0.306 e. The lowest BCUT2D eigenvalue weighted by Crippen LogP contribution is -2.30. The summed E-state index contributed by atoms with van der Waals surface area (Å²) in [5.74, 6) is -0.945. The molecule has 0 spiro atoms. The van der Waals surface area contributed by atoms with Crippen LogP contribution in [-0.4, -0.2) is 37.2 Å². The zero-order valence-electron chi connectivity index (χ0n) is 42.2. The summed E-state index contributed by atoms with van der Waals surface area (Å²) < 4.78 is 16.7. The number of ether oxygens (including phenoxy) is 3. The van der Waals surface area contributed by atoms with Gasteiger partial charge in [-0.2, -0.15) is 0 Å². The summed E-state index contributed by atoms with van der Waals surface area (Å²) in [4.78, 5) is 37.9. The third kappa shape index (κ3) is 51.2. The first-order valence-electron chi connectivity index (χ1n) is 26.7. The predicted octanol–water partition coefficient (Wildman–Crippen LogP) is 17.8. The van der Waals surface area contributed by atoms with Crippen molar-refractivity contribution < 1.29 is 28.6 Å². The van der Waals surface area contributed by atoms with Gasteiger partial charge in [0.15, 0.2) is 6.10 Å². The van der Waals surface area contributed by atoms with Crippen LogP contribution in [0.25, 0.3) is 0 Å². The first kappa shape index (κ1) is 61.3. The van der Waals surface area contributed by atoms with Crippen molar-refractivity contribution in [3.8, 4) is 0 Å². The normalized spacial score (nSPS) is 12.8. The molecule has 0 aliphatic rings. The number of allylic oxidation sites excluding steroid dienone is 16. The molecule has 0 aliphatic carbocycles. The minimum Gasteiger partial charge on any atom is -0.462 e. The highest BCUT2D eigenvalue weighted by molar-refractivity contribution is 5.71. The topological polar surface area (TPSA) is 78.9 Å². The predicted molar refractivity (Wildman–Crippen MR) is 279 cm³/mol. The molecule has 65 heavy (non-hydrogen) atoms. The highest BCUT2D eigenvalue weighted by Crippen LogP contribution is 2.14. The molecule has 0 N–H and O–H groups in total. The summed E-state index contributed by atoms with van der Waals surface area (Å²) in [5, 5.41) is 0. The Kier molecular flexibility index (Phi) is 50.0. The molecule has 0 heterocycles. The number of carbonyl (C=O) groups is 3. The van der Waals surface area contributed by atoms with E-state index in [1.165, 1.54) is 89.9 Å². The van der Waals surface area contributed by atoms with Crippen LogP contribution in [0.1, 0.15) is 239 Å². The fraction of sp³-hybridized carbons (Fsp3) is 0.678. The molecule has 0 aliphatic heterocycles. The highest BCUT2D eigenvalue weighted by atomic mass is 16.6. The number of rotatable bonds is 47. The zero-order chi connectivity index (χ0) is 47.2. The van der Waals surface area contributed by atoms with Crippen molar-refractivity contribution in [3.05, 3.63) is 97.2 Å². The standard InChI is InChI=1S/C59H98O6/c1-4-7-10-13-16-19-21-23-25-26-27-28-29-30-31-32-34-35-37-40-43-46-49-52-58(61)64-55-56(54-63-57(60)51-48-45-42-39-18-15-12-9-6-3)65-59(62)53-50-47-44-41-38-36-33-24-22-20-17-14-11-8-5-2/h7-8,10-11,16-17,19-20,23-25,27-28,33,38,41,56H,4-6,9,12-15,18,21-22,26,29-32,34-37,39-40,42-55H2,1-3H3/b10-7-,11-8-,19-16-,20-17-,25-23-,28-27-,33-24-,41-38-. The number of hydrogen-bond acceptors (Lipinski definition) is 6. The van der Waals surface area contributed by atoms with Crippen molar-refractivity contribution in [1.29, 1.82) is 0 Å². The fourth-order valence-electron chi connectivity index (χ4n) is 7.13. The maximum absolute atomic E-state index is 12.8. The molecule has 0 aromatic heterocycles. The van der Waals surface area contributed by atoms with Gasteiger partial charge in [-0.15, -0.1) is 0 Å². The van der Waals surface area contributed by atoms with E-state index in [9.17, 15) is 14.4 Å². The van der Waals surface area contributed by atoms with Crippen molar-refractivity contribution in [3.63, 3.8) is 0 Å². The lowest BCUT2D eigenvalue weighted by atomic mass is 10.1. The highest BCUT2D eigenvalue weighted by Gasteiger charge is 2.19. The second kappa shape index (κ2) is 52.9. The van der Waals surface area contributed by atoms with E-state index in [0.717, 1.165) is 103 Å². The average Bonchev–Trinajstić information content (AvgIpc) is 3.30. The Morgan fingerprint density at radius 3 is 0.969 bits per heavy atom. The molecule has 1 atom stereocenters. The van der Waals surface area contributed by atoms with E-state index in [4.69, 9.17) is 14.2 Å². The molecule has 0 amide bonds. The van der Waals surface area contributed by atoms with Crippen molar-refractivity contribution in [2.45, 2.75) is 245 Å². The van der Waals surface area contributed by atoms with E-state index in [1.807, 2.05) is 0 Å². The summed E-state index contributed by atoms with van der Waals surface area (Å²) in [6, 6.07) is 0. The van der Waals surface area contributed by atoms with Gasteiger partial charge in [0.1, 0.15) is 13.2 Å². The molecule has 0 bridgehead atoms. The van der Waals surface area contributed by atoms with Gasteiger partial charge in [0.25, 0.3) is 0 Å². The van der Waals surface area contributed by atoms with Gasteiger partial charge in [-0.05, 0) is 96.3 Å². The van der Waals surface area contributed by atoms with Gasteiger partial charge in [-0.3, -0.25) is 14.4 Å². The second-order valence-corrected chi connectivity index (χ2v) is 17.4. The van der Waals surface area contributed by atoms with Crippen LogP contribution < -0.4 is 0 Å². The average molecular weight is 903 g/mol. The smallest absolute Gasteiger partial charge is 0.306 e. The monoisotopic (exact) mass is 903 g/mol. The van der Waals surface area contributed by atoms with Crippen LogP contribution in [0, 0.1) is 0 Å². The van der Waals surface area contributed by atoms with E-state index >= 15 is 0 Å². The van der Waals surface area contributed by atoms with Crippen molar-refractivity contribution in [2.75, 3.05) is 13.2 Å². The number of unbranched alkanes of at least 4 members (excludes halogenated alkanes) is 20. The van der Waals surface area contributed by atoms with Crippen LogP contribution in [0.3, 0.4) is 0 Å². The number of hydrogen-bond donors (Lipinski definition) is 0. The molecule has 370 valence electrons. The summed E-state index contributed by atoms with van der Waals surface area (Å²) in [5.41, 5.74) is 0.